The summed E-state index contributed by atoms with van der Waals surface area (Å²) in [4.78, 5) is 30.1. The molecule has 9 nitrogen and oxygen atoms in total. The second-order valence-electron chi connectivity index (χ2n) is 10.1. The largest absolute Gasteiger partial charge is 0.503 e. The second kappa shape index (κ2) is 14.1. The number of hydrogen-bond donors (Lipinski definition) is 2. The number of hydrogen-bond acceptors (Lipinski definition) is 8. The Morgan fingerprint density at radius 2 is 1.93 bits per heavy atom. The first-order valence-corrected chi connectivity index (χ1v) is 13.8. The molecule has 9 heteroatoms. The maximum Gasteiger partial charge on any atom is 0.331 e. The van der Waals surface area contributed by atoms with Crippen LogP contribution < -0.4 is 10.1 Å². The van der Waals surface area contributed by atoms with Crippen LogP contribution in [-0.2, 0) is 25.4 Å². The maximum atomic E-state index is 13.2. The van der Waals surface area contributed by atoms with E-state index in [1.807, 2.05) is 25.1 Å². The molecule has 2 N–H and O–H groups in total. The summed E-state index contributed by atoms with van der Waals surface area (Å²) in [6.07, 6.45) is 4.04. The highest BCUT2D eigenvalue weighted by molar-refractivity contribution is 5.98. The van der Waals surface area contributed by atoms with E-state index in [4.69, 9.17) is 18.9 Å². The smallest absolute Gasteiger partial charge is 0.331 e. The van der Waals surface area contributed by atoms with Gasteiger partial charge in [-0.15, -0.1) is 0 Å². The Kier molecular flexibility index (Phi) is 10.3. The van der Waals surface area contributed by atoms with Crippen LogP contribution >= 0.6 is 0 Å². The fourth-order valence-electron chi connectivity index (χ4n) is 5.08. The van der Waals surface area contributed by atoms with Crippen molar-refractivity contribution < 1.29 is 33.6 Å². The van der Waals surface area contributed by atoms with Crippen LogP contribution in [0.4, 0.5) is 0 Å². The van der Waals surface area contributed by atoms with Gasteiger partial charge >= 0.3 is 5.97 Å². The number of cyclic esters (lactones) is 1. The van der Waals surface area contributed by atoms with E-state index in [9.17, 15) is 14.7 Å². The molecular formula is C31H38N2O7. The van der Waals surface area contributed by atoms with Crippen molar-refractivity contribution in [1.29, 1.82) is 0 Å². The van der Waals surface area contributed by atoms with E-state index in [1.165, 1.54) is 19.4 Å². The molecule has 1 saturated heterocycles. The number of methoxy groups -OCH3 is 1. The zero-order valence-corrected chi connectivity index (χ0v) is 23.3. The summed E-state index contributed by atoms with van der Waals surface area (Å²) in [5.74, 6) is -1.80. The number of carbonyl (C=O) groups is 2. The Bertz CT molecular complexity index is 1290. The number of aromatic hydroxyl groups is 1. The van der Waals surface area contributed by atoms with E-state index in [0.717, 1.165) is 35.6 Å². The average molecular weight is 551 g/mol. The van der Waals surface area contributed by atoms with Crippen molar-refractivity contribution in [1.82, 2.24) is 10.3 Å². The summed E-state index contributed by atoms with van der Waals surface area (Å²) < 4.78 is 23.3. The number of ether oxygens (including phenoxy) is 4. The lowest BCUT2D eigenvalue weighted by molar-refractivity contribution is -0.160. The average Bonchev–Trinajstić information content (AvgIpc) is 3.00. The fourth-order valence-corrected chi connectivity index (χ4v) is 5.08. The van der Waals surface area contributed by atoms with Crippen LogP contribution in [0.1, 0.15) is 49.2 Å². The summed E-state index contributed by atoms with van der Waals surface area (Å²) in [5, 5.41) is 15.3. The van der Waals surface area contributed by atoms with Gasteiger partial charge in [0.05, 0.1) is 26.4 Å². The number of amides is 1. The number of aromatic nitrogens is 1. The molecule has 2 aromatic carbocycles. The highest BCUT2D eigenvalue weighted by Crippen LogP contribution is 2.29. The van der Waals surface area contributed by atoms with E-state index in [2.05, 4.69) is 41.5 Å². The number of unbranched alkanes of at least 4 members (excludes halogenated alkanes) is 2. The lowest BCUT2D eigenvalue weighted by Crippen LogP contribution is -2.46. The van der Waals surface area contributed by atoms with Crippen molar-refractivity contribution >= 4 is 22.6 Å². The third-order valence-electron chi connectivity index (χ3n) is 7.18. The van der Waals surface area contributed by atoms with Crippen molar-refractivity contribution in [2.75, 3.05) is 26.9 Å². The van der Waals surface area contributed by atoms with E-state index >= 15 is 0 Å². The normalized spacial score (nSPS) is 21.6. The van der Waals surface area contributed by atoms with Crippen LogP contribution in [-0.4, -0.2) is 67.1 Å². The van der Waals surface area contributed by atoms with Crippen molar-refractivity contribution in [2.24, 2.45) is 5.92 Å². The van der Waals surface area contributed by atoms with Crippen LogP contribution in [0.25, 0.3) is 10.8 Å². The molecule has 0 spiro atoms. The Labute approximate surface area is 234 Å². The number of esters is 1. The predicted molar refractivity (Wildman–Crippen MR) is 150 cm³/mol. The van der Waals surface area contributed by atoms with Crippen molar-refractivity contribution in [2.45, 2.75) is 57.8 Å². The zero-order chi connectivity index (χ0) is 28.5. The van der Waals surface area contributed by atoms with E-state index in [-0.39, 0.29) is 24.0 Å². The number of nitrogens with one attached hydrogen (secondary N) is 1. The third-order valence-corrected chi connectivity index (χ3v) is 7.18. The van der Waals surface area contributed by atoms with Gasteiger partial charge < -0.3 is 29.4 Å². The number of nitrogens with zero attached hydrogens (tertiary/aromatic N) is 1. The van der Waals surface area contributed by atoms with Gasteiger partial charge in [-0.3, -0.25) is 4.79 Å². The molecule has 0 radical (unpaired) electrons. The number of fused-ring (bicyclic) bond motifs is 1. The Hall–Kier alpha value is -3.69. The molecule has 40 heavy (non-hydrogen) atoms. The summed E-state index contributed by atoms with van der Waals surface area (Å²) in [7, 11) is 1.37. The lowest BCUT2D eigenvalue weighted by Gasteiger charge is -2.31. The minimum absolute atomic E-state index is 0.0985. The van der Waals surface area contributed by atoms with Crippen LogP contribution in [0.3, 0.4) is 0 Å². The Morgan fingerprint density at radius 1 is 1.12 bits per heavy atom. The number of benzene rings is 2. The predicted octanol–water partition coefficient (Wildman–Crippen LogP) is 4.44. The van der Waals surface area contributed by atoms with Gasteiger partial charge in [-0.2, -0.15) is 0 Å². The molecule has 1 aliphatic heterocycles. The fraction of sp³-hybridized carbons (Fsp3) is 0.452. The molecule has 3 aromatic rings. The Morgan fingerprint density at radius 3 is 2.73 bits per heavy atom. The topological polar surface area (TPSA) is 116 Å². The van der Waals surface area contributed by atoms with Gasteiger partial charge in [-0.25, -0.2) is 9.78 Å². The first kappa shape index (κ1) is 29.3. The number of pyridine rings is 1. The Balaban J connectivity index is 1.55. The second-order valence-corrected chi connectivity index (χ2v) is 10.1. The van der Waals surface area contributed by atoms with Gasteiger partial charge in [0.15, 0.2) is 23.2 Å². The van der Waals surface area contributed by atoms with Crippen molar-refractivity contribution in [3.8, 4) is 11.5 Å². The van der Waals surface area contributed by atoms with Gasteiger partial charge in [0.25, 0.3) is 5.91 Å². The molecule has 4 unspecified atom stereocenters. The van der Waals surface area contributed by atoms with Gasteiger partial charge in [-0.1, -0.05) is 62.2 Å². The van der Waals surface area contributed by atoms with Crippen LogP contribution in [0.5, 0.6) is 11.5 Å². The molecule has 214 valence electrons. The monoisotopic (exact) mass is 550 g/mol. The van der Waals surface area contributed by atoms with E-state index in [1.54, 1.807) is 0 Å². The van der Waals surface area contributed by atoms with Crippen molar-refractivity contribution in [3.05, 3.63) is 66.0 Å². The summed E-state index contributed by atoms with van der Waals surface area (Å²) in [6, 6.07) is 14.8. The first-order chi connectivity index (χ1) is 19.4. The standard InChI is InChI=1S/C31H38N2O7/c1-4-5-8-16-39-29-20(2)40-31(36)25(33-30(35)27-28(34)26(37-3)14-15-32-27)19-38-18-23(29)17-22-12-9-11-21-10-6-7-13-24(21)22/h6-7,9-15,20,23,25,29,34H,4-5,8,16-19H2,1-3H3,(H,33,35). The van der Waals surface area contributed by atoms with E-state index in [0.29, 0.717) is 19.6 Å². The number of rotatable bonds is 10. The van der Waals surface area contributed by atoms with Gasteiger partial charge in [0.1, 0.15) is 6.10 Å². The van der Waals surface area contributed by atoms with Gasteiger partial charge in [-0.05, 0) is 36.1 Å². The van der Waals surface area contributed by atoms with Crippen LogP contribution in [0, 0.1) is 5.92 Å². The van der Waals surface area contributed by atoms with E-state index < -0.39 is 35.9 Å². The van der Waals surface area contributed by atoms with Crippen LogP contribution in [0.2, 0.25) is 0 Å². The summed E-state index contributed by atoms with van der Waals surface area (Å²) in [6.45, 7) is 4.70. The number of carbonyl (C=O) groups excluding carboxylic acids is 2. The highest BCUT2D eigenvalue weighted by atomic mass is 16.6. The molecule has 0 bridgehead atoms. The molecule has 0 aliphatic carbocycles. The SMILES string of the molecule is CCCCCOC1C(Cc2cccc3ccccc23)COCC(NC(=O)c2nccc(OC)c2O)C(=O)OC1C. The molecule has 2 heterocycles. The minimum Gasteiger partial charge on any atom is -0.503 e. The molecule has 1 fully saturated rings. The van der Waals surface area contributed by atoms with Gasteiger partial charge in [0.2, 0.25) is 0 Å². The minimum atomic E-state index is -1.10. The molecule has 4 atom stereocenters. The highest BCUT2D eigenvalue weighted by Gasteiger charge is 2.36. The summed E-state index contributed by atoms with van der Waals surface area (Å²) >= 11 is 0. The van der Waals surface area contributed by atoms with Gasteiger partial charge in [0, 0.05) is 24.8 Å². The first-order valence-electron chi connectivity index (χ1n) is 13.8. The quantitative estimate of drug-likeness (QED) is 0.281. The molecule has 1 amide bonds. The lowest BCUT2D eigenvalue weighted by atomic mass is 9.89. The summed E-state index contributed by atoms with van der Waals surface area (Å²) in [5.41, 5.74) is 0.905. The maximum absolute atomic E-state index is 13.2. The molecular weight excluding hydrogens is 512 g/mol. The third kappa shape index (κ3) is 7.08. The van der Waals surface area contributed by atoms with Crippen molar-refractivity contribution in [3.63, 3.8) is 0 Å². The van der Waals surface area contributed by atoms with Crippen LogP contribution in [0.15, 0.2) is 54.7 Å². The molecule has 1 aliphatic rings. The zero-order valence-electron chi connectivity index (χ0n) is 23.3. The molecule has 0 saturated carbocycles. The molecule has 1 aromatic heterocycles. The molecule has 4 rings (SSSR count).